The van der Waals surface area contributed by atoms with Gasteiger partial charge in [-0.2, -0.15) is 0 Å². The zero-order chi connectivity index (χ0) is 15.6. The maximum absolute atomic E-state index is 11.0. The average Bonchev–Trinajstić information content (AvgIpc) is 2.76. The number of anilines is 1. The second-order valence-corrected chi connectivity index (χ2v) is 4.88. The predicted octanol–water partition coefficient (Wildman–Crippen LogP) is 1.01. The van der Waals surface area contributed by atoms with Crippen molar-refractivity contribution in [2.24, 2.45) is 5.73 Å². The second-order valence-electron chi connectivity index (χ2n) is 4.88. The molecule has 0 radical (unpaired) electrons. The largest absolute Gasteiger partial charge is 0.480 e. The maximum Gasteiger partial charge on any atom is 0.325 e. The molecule has 1 aromatic heterocycles. The predicted molar refractivity (Wildman–Crippen MR) is 78.3 cm³/mol. The van der Waals surface area contributed by atoms with Crippen molar-refractivity contribution in [3.05, 3.63) is 29.8 Å². The van der Waals surface area contributed by atoms with Crippen molar-refractivity contribution in [2.45, 2.75) is 25.4 Å². The van der Waals surface area contributed by atoms with Crippen molar-refractivity contribution in [2.75, 3.05) is 5.32 Å². The molecule has 0 aliphatic carbocycles. The Bertz CT molecular complexity index is 680. The van der Waals surface area contributed by atoms with Gasteiger partial charge in [0.2, 0.25) is 0 Å². The Balaban J connectivity index is 2.43. The van der Waals surface area contributed by atoms with Gasteiger partial charge in [-0.25, -0.2) is 0 Å². The second kappa shape index (κ2) is 5.84. The number of carbonyl (C=O) groups is 2. The van der Waals surface area contributed by atoms with Crippen LogP contribution in [0, 0.1) is 0 Å². The molecular formula is C14H17N3O4. The first-order chi connectivity index (χ1) is 9.90. The molecule has 7 heteroatoms. The minimum absolute atomic E-state index is 0.105. The van der Waals surface area contributed by atoms with Crippen molar-refractivity contribution in [3.8, 4) is 0 Å². The summed E-state index contributed by atoms with van der Waals surface area (Å²) in [6, 6.07) is 5.48. The highest BCUT2D eigenvalue weighted by Crippen LogP contribution is 2.27. The minimum Gasteiger partial charge on any atom is -0.480 e. The molecule has 0 aliphatic rings. The number of carboxylic acids is 2. The number of aliphatic carboxylic acids is 2. The highest BCUT2D eigenvalue weighted by atomic mass is 16.4. The molecule has 21 heavy (non-hydrogen) atoms. The highest BCUT2D eigenvalue weighted by molar-refractivity contribution is 5.90. The summed E-state index contributed by atoms with van der Waals surface area (Å²) in [7, 11) is 0. The number of aromatic nitrogens is 1. The standard InChI is InChI=1S/C14H17N3O4/c1-7(13(18)19)16-12-9(6-10(15)14(20)21)8-4-2-3-5-11(8)17-12/h2-5,7,10,16-17H,6,15H2,1H3,(H,18,19)(H,20,21)/t7-,10-/m0/s1. The van der Waals surface area contributed by atoms with E-state index in [1.807, 2.05) is 24.3 Å². The molecule has 2 rings (SSSR count). The van der Waals surface area contributed by atoms with Gasteiger partial charge in [-0.05, 0) is 13.0 Å². The normalized spacial score (nSPS) is 13.8. The number of hydrogen-bond donors (Lipinski definition) is 5. The van der Waals surface area contributed by atoms with Crippen LogP contribution in [-0.2, 0) is 16.0 Å². The number of fused-ring (bicyclic) bond motifs is 1. The van der Waals surface area contributed by atoms with E-state index in [0.29, 0.717) is 11.4 Å². The first-order valence-corrected chi connectivity index (χ1v) is 6.47. The van der Waals surface area contributed by atoms with Crippen molar-refractivity contribution in [3.63, 3.8) is 0 Å². The Morgan fingerprint density at radius 3 is 2.57 bits per heavy atom. The van der Waals surface area contributed by atoms with Gasteiger partial charge >= 0.3 is 11.9 Å². The van der Waals surface area contributed by atoms with Crippen LogP contribution >= 0.6 is 0 Å². The third-order valence-corrected chi connectivity index (χ3v) is 3.29. The van der Waals surface area contributed by atoms with Gasteiger partial charge < -0.3 is 26.2 Å². The van der Waals surface area contributed by atoms with E-state index in [1.54, 1.807) is 0 Å². The van der Waals surface area contributed by atoms with Gasteiger partial charge in [-0.15, -0.1) is 0 Å². The number of nitrogens with one attached hydrogen (secondary N) is 2. The van der Waals surface area contributed by atoms with Crippen LogP contribution in [0.2, 0.25) is 0 Å². The smallest absolute Gasteiger partial charge is 0.325 e. The molecule has 0 fully saturated rings. The average molecular weight is 291 g/mol. The molecule has 0 unspecified atom stereocenters. The van der Waals surface area contributed by atoms with Crippen LogP contribution in [0.3, 0.4) is 0 Å². The molecule has 0 amide bonds. The SMILES string of the molecule is C[C@H](Nc1[nH]c2ccccc2c1C[C@H](N)C(=O)O)C(=O)O. The van der Waals surface area contributed by atoms with Gasteiger partial charge in [0.05, 0.1) is 0 Å². The first kappa shape index (κ1) is 14.9. The number of carboxylic acid groups (broad SMARTS) is 2. The molecule has 0 bridgehead atoms. The molecule has 0 aliphatic heterocycles. The summed E-state index contributed by atoms with van der Waals surface area (Å²) in [5, 5.41) is 21.6. The Morgan fingerprint density at radius 2 is 1.95 bits per heavy atom. The zero-order valence-electron chi connectivity index (χ0n) is 11.5. The number of para-hydroxylation sites is 1. The van der Waals surface area contributed by atoms with E-state index < -0.39 is 24.0 Å². The van der Waals surface area contributed by atoms with Crippen LogP contribution in [0.4, 0.5) is 5.82 Å². The molecular weight excluding hydrogens is 274 g/mol. The third-order valence-electron chi connectivity index (χ3n) is 3.29. The van der Waals surface area contributed by atoms with E-state index >= 15 is 0 Å². The fourth-order valence-electron chi connectivity index (χ4n) is 2.12. The zero-order valence-corrected chi connectivity index (χ0v) is 11.5. The lowest BCUT2D eigenvalue weighted by Gasteiger charge is -2.13. The molecule has 1 heterocycles. The van der Waals surface area contributed by atoms with Crippen molar-refractivity contribution in [1.82, 2.24) is 4.98 Å². The minimum atomic E-state index is -1.10. The lowest BCUT2D eigenvalue weighted by atomic mass is 10.0. The van der Waals surface area contributed by atoms with Crippen molar-refractivity contribution >= 4 is 28.7 Å². The van der Waals surface area contributed by atoms with E-state index in [2.05, 4.69) is 10.3 Å². The summed E-state index contributed by atoms with van der Waals surface area (Å²) < 4.78 is 0. The number of benzene rings is 1. The maximum atomic E-state index is 11.0. The molecule has 2 aromatic rings. The molecule has 6 N–H and O–H groups in total. The Labute approximate surface area is 120 Å². The highest BCUT2D eigenvalue weighted by Gasteiger charge is 2.21. The van der Waals surface area contributed by atoms with Crippen LogP contribution in [-0.4, -0.2) is 39.2 Å². The van der Waals surface area contributed by atoms with Gasteiger partial charge in [-0.1, -0.05) is 18.2 Å². The van der Waals surface area contributed by atoms with Crippen LogP contribution in [0.5, 0.6) is 0 Å². The topological polar surface area (TPSA) is 128 Å². The van der Waals surface area contributed by atoms with Crippen LogP contribution in [0.15, 0.2) is 24.3 Å². The summed E-state index contributed by atoms with van der Waals surface area (Å²) in [6.07, 6.45) is 0.105. The number of rotatable bonds is 6. The molecule has 7 nitrogen and oxygen atoms in total. The summed E-state index contributed by atoms with van der Waals surface area (Å²) in [6.45, 7) is 1.51. The van der Waals surface area contributed by atoms with E-state index in [-0.39, 0.29) is 6.42 Å². The van der Waals surface area contributed by atoms with Crippen molar-refractivity contribution < 1.29 is 19.8 Å². The molecule has 0 spiro atoms. The Hall–Kier alpha value is -2.54. The van der Waals surface area contributed by atoms with Gasteiger partial charge in [-0.3, -0.25) is 9.59 Å². The van der Waals surface area contributed by atoms with Gasteiger partial charge in [0.15, 0.2) is 0 Å². The number of hydrogen-bond acceptors (Lipinski definition) is 4. The monoisotopic (exact) mass is 291 g/mol. The molecule has 2 atom stereocenters. The van der Waals surface area contributed by atoms with Crippen molar-refractivity contribution in [1.29, 1.82) is 0 Å². The molecule has 0 saturated carbocycles. The summed E-state index contributed by atoms with van der Waals surface area (Å²) in [4.78, 5) is 25.0. The third kappa shape index (κ3) is 3.14. The first-order valence-electron chi connectivity index (χ1n) is 6.47. The van der Waals surface area contributed by atoms with E-state index in [0.717, 1.165) is 10.9 Å². The van der Waals surface area contributed by atoms with Gasteiger partial charge in [0.25, 0.3) is 0 Å². The van der Waals surface area contributed by atoms with Crippen LogP contribution in [0.1, 0.15) is 12.5 Å². The Kier molecular flexibility index (Phi) is 4.13. The van der Waals surface area contributed by atoms with E-state index in [9.17, 15) is 9.59 Å². The lowest BCUT2D eigenvalue weighted by Crippen LogP contribution is -2.33. The lowest BCUT2D eigenvalue weighted by molar-refractivity contribution is -0.139. The number of H-pyrrole nitrogens is 1. The van der Waals surface area contributed by atoms with Crippen LogP contribution < -0.4 is 11.1 Å². The van der Waals surface area contributed by atoms with Crippen LogP contribution in [0.25, 0.3) is 10.9 Å². The van der Waals surface area contributed by atoms with Gasteiger partial charge in [0.1, 0.15) is 17.9 Å². The number of nitrogens with two attached hydrogens (primary N) is 1. The molecule has 112 valence electrons. The fourth-order valence-corrected chi connectivity index (χ4v) is 2.12. The van der Waals surface area contributed by atoms with Gasteiger partial charge in [0, 0.05) is 22.9 Å². The van der Waals surface area contributed by atoms with E-state index in [1.165, 1.54) is 6.92 Å². The summed E-state index contributed by atoms with van der Waals surface area (Å²) in [5.74, 6) is -1.61. The quantitative estimate of drug-likeness (QED) is 0.540. The summed E-state index contributed by atoms with van der Waals surface area (Å²) >= 11 is 0. The number of aromatic amines is 1. The fraction of sp³-hybridized carbons (Fsp3) is 0.286. The Morgan fingerprint density at radius 1 is 1.29 bits per heavy atom. The summed E-state index contributed by atoms with van der Waals surface area (Å²) in [5.41, 5.74) is 7.07. The van der Waals surface area contributed by atoms with E-state index in [4.69, 9.17) is 15.9 Å². The molecule has 0 saturated heterocycles. The molecule has 1 aromatic carbocycles.